The van der Waals surface area contributed by atoms with Crippen molar-refractivity contribution in [2.24, 2.45) is 0 Å². The number of rotatable bonds is 38. The Bertz CT molecular complexity index is 957. The van der Waals surface area contributed by atoms with Crippen LogP contribution in [0.4, 0.5) is 0 Å². The molecule has 0 heterocycles. The van der Waals surface area contributed by atoms with Gasteiger partial charge in [0, 0.05) is 12.8 Å². The third-order valence-corrected chi connectivity index (χ3v) is 9.03. The summed E-state index contributed by atoms with van der Waals surface area (Å²) in [5, 5.41) is 9.56. The summed E-state index contributed by atoms with van der Waals surface area (Å²) in [5.41, 5.74) is 0. The van der Waals surface area contributed by atoms with Gasteiger partial charge in [0.25, 0.3) is 0 Å². The van der Waals surface area contributed by atoms with Crippen LogP contribution in [0, 0.1) is 0 Å². The van der Waals surface area contributed by atoms with E-state index in [1.807, 2.05) is 12.2 Å². The van der Waals surface area contributed by atoms with Crippen LogP contribution in [0.25, 0.3) is 0 Å². The minimum absolute atomic E-state index is 0.0971. The van der Waals surface area contributed by atoms with E-state index in [-0.39, 0.29) is 25.6 Å². The van der Waals surface area contributed by atoms with Crippen molar-refractivity contribution in [3.05, 3.63) is 72.9 Å². The summed E-state index contributed by atoms with van der Waals surface area (Å²) in [4.78, 5) is 24.3. The number of hydrogen-bond donors (Lipinski definition) is 1. The molecule has 0 aromatic carbocycles. The van der Waals surface area contributed by atoms with E-state index in [9.17, 15) is 14.7 Å². The maximum absolute atomic E-state index is 12.2. The lowest BCUT2D eigenvalue weighted by Gasteiger charge is -2.15. The maximum Gasteiger partial charge on any atom is 0.306 e. The molecule has 5 nitrogen and oxygen atoms in total. The molecule has 298 valence electrons. The second-order valence-corrected chi connectivity index (χ2v) is 14.0. The van der Waals surface area contributed by atoms with Crippen molar-refractivity contribution in [1.82, 2.24) is 0 Å². The third-order valence-electron chi connectivity index (χ3n) is 9.03. The Balaban J connectivity index is 3.65. The zero-order valence-electron chi connectivity index (χ0n) is 33.8. The molecule has 0 unspecified atom stereocenters. The van der Waals surface area contributed by atoms with Gasteiger partial charge in [0.2, 0.25) is 0 Å². The summed E-state index contributed by atoms with van der Waals surface area (Å²) in [6.07, 6.45) is 57.0. The predicted molar refractivity (Wildman–Crippen MR) is 223 cm³/mol. The Labute approximate surface area is 321 Å². The van der Waals surface area contributed by atoms with Crippen molar-refractivity contribution >= 4 is 11.9 Å². The van der Waals surface area contributed by atoms with Crippen LogP contribution in [0.1, 0.15) is 194 Å². The molecule has 0 aliphatic rings. The topological polar surface area (TPSA) is 72.8 Å². The molecule has 0 rings (SSSR count). The van der Waals surface area contributed by atoms with Gasteiger partial charge >= 0.3 is 11.9 Å². The number of aliphatic hydroxyl groups is 1. The zero-order valence-corrected chi connectivity index (χ0v) is 33.8. The first-order valence-corrected chi connectivity index (χ1v) is 21.5. The first kappa shape index (κ1) is 49.3. The maximum atomic E-state index is 12.2. The fourth-order valence-electron chi connectivity index (χ4n) is 5.82. The number of carbonyl (C=O) groups is 2. The molecule has 0 saturated heterocycles. The first-order valence-electron chi connectivity index (χ1n) is 21.5. The van der Waals surface area contributed by atoms with Crippen LogP contribution >= 0.6 is 0 Å². The molecular weight excluding hydrogens is 645 g/mol. The largest absolute Gasteiger partial charge is 0.462 e. The summed E-state index contributed by atoms with van der Waals surface area (Å²) in [6.45, 7) is 3.97. The molecule has 52 heavy (non-hydrogen) atoms. The number of carbonyl (C=O) groups excluding carboxylic acids is 2. The van der Waals surface area contributed by atoms with Crippen molar-refractivity contribution in [3.63, 3.8) is 0 Å². The number of esters is 2. The molecule has 0 aromatic rings. The van der Waals surface area contributed by atoms with Crippen LogP contribution in [0.15, 0.2) is 72.9 Å². The van der Waals surface area contributed by atoms with Crippen LogP contribution < -0.4 is 0 Å². The highest BCUT2D eigenvalue weighted by Crippen LogP contribution is 2.15. The van der Waals surface area contributed by atoms with Crippen molar-refractivity contribution in [1.29, 1.82) is 0 Å². The minimum Gasteiger partial charge on any atom is -0.462 e. The lowest BCUT2D eigenvalue weighted by atomic mass is 10.0. The highest BCUT2D eigenvalue weighted by atomic mass is 16.6. The first-order chi connectivity index (χ1) is 25.6. The number of ether oxygens (including phenoxy) is 2. The average molecular weight is 725 g/mol. The van der Waals surface area contributed by atoms with Gasteiger partial charge in [0.15, 0.2) is 6.10 Å². The summed E-state index contributed by atoms with van der Waals surface area (Å²) < 4.78 is 10.6. The van der Waals surface area contributed by atoms with E-state index >= 15 is 0 Å². The standard InChI is InChI=1S/C47H80O5/c1-3-5-7-9-11-13-15-17-19-21-23-25-27-29-31-33-35-37-39-41-46(49)51-44-45(43-48)52-47(50)42-40-38-36-34-32-30-28-26-24-22-20-18-16-14-12-10-8-6-4-2/h6,8,12,14,18,20,24,26,30,32,36,38,45,48H,3-5,7,9-11,13,15-17,19,21-23,25,27-29,31,33-35,37,39-44H2,1-2H3/t45-/m0/s1. The predicted octanol–water partition coefficient (Wildman–Crippen LogP) is 13.7. The quantitative estimate of drug-likeness (QED) is 0.0390. The molecule has 5 heteroatoms. The number of hydrogen-bond acceptors (Lipinski definition) is 5. The molecule has 0 aromatic heterocycles. The Morgan fingerprint density at radius 1 is 0.462 bits per heavy atom. The molecular formula is C47H80O5. The SMILES string of the molecule is CCC=CCC=CCC=CCC=CCC=CCC=CCCC(=O)O[C@@H](CO)COC(=O)CCCCCCCCCCCCCCCCCCCCC. The van der Waals surface area contributed by atoms with Crippen molar-refractivity contribution < 1.29 is 24.2 Å². The molecule has 0 amide bonds. The van der Waals surface area contributed by atoms with Crippen LogP contribution in [0.3, 0.4) is 0 Å². The number of aliphatic hydroxyl groups excluding tert-OH is 1. The van der Waals surface area contributed by atoms with Gasteiger partial charge in [-0.1, -0.05) is 202 Å². The Kier molecular flexibility index (Phi) is 40.6. The van der Waals surface area contributed by atoms with E-state index in [1.54, 1.807) is 0 Å². The van der Waals surface area contributed by atoms with E-state index in [0.29, 0.717) is 12.8 Å². The van der Waals surface area contributed by atoms with Crippen LogP contribution in [0.5, 0.6) is 0 Å². The third kappa shape index (κ3) is 40.1. The molecule has 0 saturated carbocycles. The minimum atomic E-state index is -0.813. The summed E-state index contributed by atoms with van der Waals surface area (Å²) in [7, 11) is 0. The molecule has 0 spiro atoms. The van der Waals surface area contributed by atoms with Gasteiger partial charge in [0.05, 0.1) is 6.61 Å². The Morgan fingerprint density at radius 3 is 1.21 bits per heavy atom. The van der Waals surface area contributed by atoms with E-state index in [1.165, 1.54) is 103 Å². The normalized spacial score (nSPS) is 12.9. The van der Waals surface area contributed by atoms with E-state index in [4.69, 9.17) is 9.47 Å². The van der Waals surface area contributed by atoms with Crippen LogP contribution in [0.2, 0.25) is 0 Å². The van der Waals surface area contributed by atoms with Gasteiger partial charge in [-0.2, -0.15) is 0 Å². The van der Waals surface area contributed by atoms with Crippen LogP contribution in [-0.2, 0) is 19.1 Å². The van der Waals surface area contributed by atoms with Crippen LogP contribution in [-0.4, -0.2) is 36.4 Å². The smallest absolute Gasteiger partial charge is 0.306 e. The summed E-state index contributed by atoms with van der Waals surface area (Å²) in [5.74, 6) is -0.687. The van der Waals surface area contributed by atoms with Gasteiger partial charge in [-0.25, -0.2) is 0 Å². The molecule has 1 N–H and O–H groups in total. The molecule has 0 aliphatic heterocycles. The van der Waals surface area contributed by atoms with Gasteiger partial charge in [-0.3, -0.25) is 9.59 Å². The van der Waals surface area contributed by atoms with E-state index in [0.717, 1.165) is 57.8 Å². The fraction of sp³-hybridized carbons (Fsp3) is 0.702. The van der Waals surface area contributed by atoms with Crippen molar-refractivity contribution in [2.45, 2.75) is 200 Å². The number of unbranched alkanes of at least 4 members (excludes halogenated alkanes) is 18. The number of allylic oxidation sites excluding steroid dienone is 12. The lowest BCUT2D eigenvalue weighted by Crippen LogP contribution is -2.28. The highest BCUT2D eigenvalue weighted by Gasteiger charge is 2.15. The second kappa shape index (κ2) is 42.8. The Hall–Kier alpha value is -2.66. The molecule has 1 atom stereocenters. The highest BCUT2D eigenvalue weighted by molar-refractivity contribution is 5.70. The molecule has 0 aliphatic carbocycles. The second-order valence-electron chi connectivity index (χ2n) is 14.0. The van der Waals surface area contributed by atoms with Gasteiger partial charge < -0.3 is 14.6 Å². The molecule has 0 bridgehead atoms. The van der Waals surface area contributed by atoms with Crippen molar-refractivity contribution in [3.8, 4) is 0 Å². The van der Waals surface area contributed by atoms with Gasteiger partial charge in [-0.05, 0) is 51.4 Å². The lowest BCUT2D eigenvalue weighted by molar-refractivity contribution is -0.161. The Morgan fingerprint density at radius 2 is 0.827 bits per heavy atom. The zero-order chi connectivity index (χ0) is 37.8. The van der Waals surface area contributed by atoms with Gasteiger partial charge in [-0.15, -0.1) is 0 Å². The van der Waals surface area contributed by atoms with E-state index < -0.39 is 12.1 Å². The fourth-order valence-corrected chi connectivity index (χ4v) is 5.82. The molecule has 0 fully saturated rings. The summed E-state index contributed by atoms with van der Waals surface area (Å²) >= 11 is 0. The summed E-state index contributed by atoms with van der Waals surface area (Å²) in [6, 6.07) is 0. The van der Waals surface area contributed by atoms with Crippen molar-refractivity contribution in [2.75, 3.05) is 13.2 Å². The molecule has 0 radical (unpaired) electrons. The average Bonchev–Trinajstić information content (AvgIpc) is 3.15. The van der Waals surface area contributed by atoms with Gasteiger partial charge in [0.1, 0.15) is 6.61 Å². The van der Waals surface area contributed by atoms with E-state index in [2.05, 4.69) is 74.6 Å². The monoisotopic (exact) mass is 725 g/mol.